The molecule has 0 aliphatic carbocycles. The van der Waals surface area contributed by atoms with Gasteiger partial charge >= 0.3 is 0 Å². The predicted molar refractivity (Wildman–Crippen MR) is 95.1 cm³/mol. The number of aliphatic hydroxyl groups excluding tert-OH is 1. The van der Waals surface area contributed by atoms with Crippen molar-refractivity contribution in [2.45, 2.75) is 19.6 Å². The van der Waals surface area contributed by atoms with Gasteiger partial charge in [0.1, 0.15) is 6.54 Å². The van der Waals surface area contributed by atoms with Crippen LogP contribution in [0.15, 0.2) is 47.3 Å². The Labute approximate surface area is 153 Å². The SMILES string of the molecule is Cc1nn(CC(=O)NCC(O)c2ccc(F)c(F)c2)c(=O)c2ccccc12. The van der Waals surface area contributed by atoms with Gasteiger partial charge in [0.2, 0.25) is 5.91 Å². The summed E-state index contributed by atoms with van der Waals surface area (Å²) in [4.78, 5) is 24.6. The third-order valence-corrected chi connectivity index (χ3v) is 4.17. The number of aromatic nitrogens is 2. The normalized spacial score (nSPS) is 12.1. The van der Waals surface area contributed by atoms with Gasteiger partial charge in [-0.2, -0.15) is 5.10 Å². The zero-order valence-corrected chi connectivity index (χ0v) is 14.4. The van der Waals surface area contributed by atoms with Gasteiger partial charge in [0.15, 0.2) is 11.6 Å². The van der Waals surface area contributed by atoms with Crippen molar-refractivity contribution in [3.63, 3.8) is 0 Å². The number of rotatable bonds is 5. The number of hydrogen-bond donors (Lipinski definition) is 2. The Morgan fingerprint density at radius 3 is 2.59 bits per heavy atom. The lowest BCUT2D eigenvalue weighted by atomic mass is 10.1. The largest absolute Gasteiger partial charge is 0.387 e. The smallest absolute Gasteiger partial charge is 0.275 e. The fourth-order valence-corrected chi connectivity index (χ4v) is 2.75. The molecule has 0 bridgehead atoms. The number of halogens is 2. The summed E-state index contributed by atoms with van der Waals surface area (Å²) in [5.41, 5.74) is 0.346. The van der Waals surface area contributed by atoms with Crippen molar-refractivity contribution >= 4 is 16.7 Å². The van der Waals surface area contributed by atoms with E-state index in [0.717, 1.165) is 16.8 Å². The van der Waals surface area contributed by atoms with Crippen molar-refractivity contribution in [2.75, 3.05) is 6.54 Å². The number of aryl methyl sites for hydroxylation is 1. The number of fused-ring (bicyclic) bond motifs is 1. The van der Waals surface area contributed by atoms with E-state index in [1.807, 2.05) is 0 Å². The summed E-state index contributed by atoms with van der Waals surface area (Å²) in [6.45, 7) is 1.20. The van der Waals surface area contributed by atoms with E-state index >= 15 is 0 Å². The molecule has 2 aromatic carbocycles. The van der Waals surface area contributed by atoms with Crippen LogP contribution in [0.4, 0.5) is 8.78 Å². The lowest BCUT2D eigenvalue weighted by molar-refractivity contribution is -0.122. The van der Waals surface area contributed by atoms with Crippen LogP contribution in [0.2, 0.25) is 0 Å². The molecule has 3 rings (SSSR count). The number of carbonyl (C=O) groups excluding carboxylic acids is 1. The first-order valence-corrected chi connectivity index (χ1v) is 8.23. The van der Waals surface area contributed by atoms with Gasteiger partial charge in [-0.05, 0) is 30.7 Å². The number of benzene rings is 2. The Kier molecular flexibility index (Phi) is 5.27. The van der Waals surface area contributed by atoms with E-state index in [1.165, 1.54) is 6.07 Å². The molecule has 6 nitrogen and oxygen atoms in total. The standard InChI is InChI=1S/C19H17F2N3O3/c1-11-13-4-2-3-5-14(13)19(27)24(23-11)10-18(26)22-9-17(25)12-6-7-15(20)16(21)8-12/h2-8,17,25H,9-10H2,1H3,(H,22,26). The van der Waals surface area contributed by atoms with Gasteiger partial charge in [0.25, 0.3) is 5.56 Å². The lowest BCUT2D eigenvalue weighted by Gasteiger charge is -2.13. The third-order valence-electron chi connectivity index (χ3n) is 4.17. The maximum absolute atomic E-state index is 13.2. The van der Waals surface area contributed by atoms with Gasteiger partial charge < -0.3 is 10.4 Å². The van der Waals surface area contributed by atoms with Crippen LogP contribution in [-0.4, -0.2) is 27.3 Å². The van der Waals surface area contributed by atoms with Crippen LogP contribution in [0.3, 0.4) is 0 Å². The van der Waals surface area contributed by atoms with Crippen LogP contribution in [0, 0.1) is 18.6 Å². The predicted octanol–water partition coefficient (Wildman–Crippen LogP) is 1.83. The molecule has 1 heterocycles. The molecule has 2 N–H and O–H groups in total. The van der Waals surface area contributed by atoms with Crippen molar-refractivity contribution in [3.8, 4) is 0 Å². The fraction of sp³-hybridized carbons (Fsp3) is 0.211. The number of carbonyl (C=O) groups is 1. The van der Waals surface area contributed by atoms with E-state index in [0.29, 0.717) is 16.5 Å². The first-order valence-electron chi connectivity index (χ1n) is 8.23. The summed E-state index contributed by atoms with van der Waals surface area (Å²) in [5, 5.41) is 17.8. The van der Waals surface area contributed by atoms with Crippen molar-refractivity contribution < 1.29 is 18.7 Å². The molecule has 0 saturated heterocycles. The van der Waals surface area contributed by atoms with Crippen LogP contribution in [0.5, 0.6) is 0 Å². The summed E-state index contributed by atoms with van der Waals surface area (Å²) in [6, 6.07) is 9.96. The topological polar surface area (TPSA) is 84.2 Å². The maximum atomic E-state index is 13.2. The Morgan fingerprint density at radius 1 is 1.19 bits per heavy atom. The summed E-state index contributed by atoms with van der Waals surface area (Å²) >= 11 is 0. The van der Waals surface area contributed by atoms with E-state index in [2.05, 4.69) is 10.4 Å². The van der Waals surface area contributed by atoms with Gasteiger partial charge in [-0.1, -0.05) is 24.3 Å². The van der Waals surface area contributed by atoms with E-state index in [-0.39, 0.29) is 18.7 Å². The zero-order valence-electron chi connectivity index (χ0n) is 14.4. The fourth-order valence-electron chi connectivity index (χ4n) is 2.75. The number of hydrogen-bond acceptors (Lipinski definition) is 4. The van der Waals surface area contributed by atoms with E-state index in [9.17, 15) is 23.5 Å². The van der Waals surface area contributed by atoms with Crippen molar-refractivity contribution in [2.24, 2.45) is 0 Å². The van der Waals surface area contributed by atoms with Crippen molar-refractivity contribution in [1.82, 2.24) is 15.1 Å². The zero-order chi connectivity index (χ0) is 19.6. The van der Waals surface area contributed by atoms with Gasteiger partial charge in [-0.25, -0.2) is 13.5 Å². The molecule has 1 aromatic heterocycles. The summed E-state index contributed by atoms with van der Waals surface area (Å²) in [6.07, 6.45) is -1.22. The monoisotopic (exact) mass is 373 g/mol. The van der Waals surface area contributed by atoms with Crippen LogP contribution >= 0.6 is 0 Å². The number of nitrogens with zero attached hydrogens (tertiary/aromatic N) is 2. The van der Waals surface area contributed by atoms with Gasteiger partial charge in [-0.15, -0.1) is 0 Å². The van der Waals surface area contributed by atoms with Crippen molar-refractivity contribution in [1.29, 1.82) is 0 Å². The van der Waals surface area contributed by atoms with E-state index < -0.39 is 29.2 Å². The molecule has 1 atom stereocenters. The molecule has 0 saturated carbocycles. The van der Waals surface area contributed by atoms with Crippen LogP contribution in [0.25, 0.3) is 10.8 Å². The average Bonchev–Trinajstić information content (AvgIpc) is 2.66. The molecule has 1 amide bonds. The third kappa shape index (κ3) is 4.01. The second-order valence-electron chi connectivity index (χ2n) is 6.09. The highest BCUT2D eigenvalue weighted by Gasteiger charge is 2.14. The van der Waals surface area contributed by atoms with Gasteiger partial charge in [-0.3, -0.25) is 9.59 Å². The first-order chi connectivity index (χ1) is 12.9. The Bertz CT molecular complexity index is 1070. The van der Waals surface area contributed by atoms with Crippen LogP contribution < -0.4 is 10.9 Å². The van der Waals surface area contributed by atoms with Crippen LogP contribution in [0.1, 0.15) is 17.4 Å². The van der Waals surface area contributed by atoms with Crippen LogP contribution in [-0.2, 0) is 11.3 Å². The Balaban J connectivity index is 1.69. The molecule has 0 aliphatic rings. The van der Waals surface area contributed by atoms with E-state index in [4.69, 9.17) is 0 Å². The minimum atomic E-state index is -1.22. The molecule has 27 heavy (non-hydrogen) atoms. The quantitative estimate of drug-likeness (QED) is 0.715. The number of nitrogens with one attached hydrogen (secondary N) is 1. The molecule has 1 unspecified atom stereocenters. The molecular formula is C19H17F2N3O3. The highest BCUT2D eigenvalue weighted by atomic mass is 19.2. The van der Waals surface area contributed by atoms with Crippen molar-refractivity contribution in [3.05, 3.63) is 75.7 Å². The van der Waals surface area contributed by atoms with Gasteiger partial charge in [0.05, 0.1) is 17.2 Å². The molecule has 0 aliphatic heterocycles. The van der Waals surface area contributed by atoms with Gasteiger partial charge in [0, 0.05) is 11.9 Å². The molecule has 0 radical (unpaired) electrons. The molecule has 3 aromatic rings. The first kappa shape index (κ1) is 18.7. The average molecular weight is 373 g/mol. The maximum Gasteiger partial charge on any atom is 0.275 e. The van der Waals surface area contributed by atoms with E-state index in [1.54, 1.807) is 31.2 Å². The summed E-state index contributed by atoms with van der Waals surface area (Å²) < 4.78 is 27.2. The highest BCUT2D eigenvalue weighted by Crippen LogP contribution is 2.15. The highest BCUT2D eigenvalue weighted by molar-refractivity contribution is 5.83. The molecule has 140 valence electrons. The molecule has 8 heteroatoms. The number of aliphatic hydroxyl groups is 1. The second-order valence-corrected chi connectivity index (χ2v) is 6.09. The lowest BCUT2D eigenvalue weighted by Crippen LogP contribution is -2.36. The summed E-state index contributed by atoms with van der Waals surface area (Å²) in [7, 11) is 0. The molecular weight excluding hydrogens is 356 g/mol. The minimum absolute atomic E-state index is 0.131. The second kappa shape index (κ2) is 7.63. The Morgan fingerprint density at radius 2 is 1.89 bits per heavy atom. The minimum Gasteiger partial charge on any atom is -0.387 e. The number of amides is 1. The Hall–Kier alpha value is -3.13. The molecule has 0 fully saturated rings. The summed E-state index contributed by atoms with van der Waals surface area (Å²) in [5.74, 6) is -2.65. The molecule has 0 spiro atoms.